The van der Waals surface area contributed by atoms with Gasteiger partial charge in [-0.05, 0) is 103 Å². The Morgan fingerprint density at radius 2 is 0.694 bits per heavy atom. The van der Waals surface area contributed by atoms with E-state index in [4.69, 9.17) is 14.2 Å². The zero-order valence-corrected chi connectivity index (χ0v) is 41.4. The van der Waals surface area contributed by atoms with Gasteiger partial charge in [0.15, 0.2) is 6.10 Å². The molecule has 360 valence electrons. The molecule has 0 spiro atoms. The molecule has 1 atom stereocenters. The van der Waals surface area contributed by atoms with Crippen molar-refractivity contribution in [3.8, 4) is 0 Å². The van der Waals surface area contributed by atoms with Crippen LogP contribution in [0.5, 0.6) is 0 Å². The first-order valence-electron chi connectivity index (χ1n) is 26.8. The maximum absolute atomic E-state index is 12.8. The Labute approximate surface area is 385 Å². The normalized spacial score (nSPS) is 12.6. The van der Waals surface area contributed by atoms with E-state index in [2.05, 4.69) is 81.5 Å². The molecule has 1 unspecified atom stereocenters. The summed E-state index contributed by atoms with van der Waals surface area (Å²) in [6.45, 7) is 7.73. The molecular formula is C57H102O5. The van der Waals surface area contributed by atoms with Gasteiger partial charge in [0, 0.05) is 19.4 Å². The van der Waals surface area contributed by atoms with Crippen LogP contribution in [0.4, 0.5) is 0 Å². The zero-order chi connectivity index (χ0) is 44.9. The number of hydrogen-bond acceptors (Lipinski definition) is 5. The van der Waals surface area contributed by atoms with Crippen molar-refractivity contribution >= 4 is 11.9 Å². The second-order valence-corrected chi connectivity index (χ2v) is 17.8. The van der Waals surface area contributed by atoms with Crippen LogP contribution >= 0.6 is 0 Å². The average molecular weight is 867 g/mol. The molecule has 0 aromatic heterocycles. The number of hydrogen-bond donors (Lipinski definition) is 0. The molecule has 5 heteroatoms. The number of allylic oxidation sites excluding steroid dienone is 10. The summed E-state index contributed by atoms with van der Waals surface area (Å²) < 4.78 is 17.4. The summed E-state index contributed by atoms with van der Waals surface area (Å²) in [5.41, 5.74) is 0. The highest BCUT2D eigenvalue weighted by atomic mass is 16.6. The van der Waals surface area contributed by atoms with E-state index in [9.17, 15) is 9.59 Å². The van der Waals surface area contributed by atoms with Crippen LogP contribution < -0.4 is 0 Å². The van der Waals surface area contributed by atoms with Gasteiger partial charge < -0.3 is 14.2 Å². The van der Waals surface area contributed by atoms with E-state index in [-0.39, 0.29) is 25.2 Å². The summed E-state index contributed by atoms with van der Waals surface area (Å²) in [6.07, 6.45) is 66.6. The van der Waals surface area contributed by atoms with E-state index in [0.29, 0.717) is 19.4 Å². The molecule has 0 heterocycles. The molecule has 0 aliphatic heterocycles. The molecule has 0 aliphatic carbocycles. The van der Waals surface area contributed by atoms with Gasteiger partial charge >= 0.3 is 11.9 Å². The first kappa shape index (κ1) is 59.6. The topological polar surface area (TPSA) is 61.8 Å². The minimum Gasteiger partial charge on any atom is -0.462 e. The highest BCUT2D eigenvalue weighted by molar-refractivity contribution is 5.70. The first-order chi connectivity index (χ1) is 30.6. The Kier molecular flexibility index (Phi) is 50.9. The van der Waals surface area contributed by atoms with Gasteiger partial charge in [-0.1, -0.05) is 210 Å². The molecule has 0 aliphatic rings. The fourth-order valence-electron chi connectivity index (χ4n) is 7.43. The molecule has 5 nitrogen and oxygen atoms in total. The molecule has 0 N–H and O–H groups in total. The highest BCUT2D eigenvalue weighted by Gasteiger charge is 2.17. The van der Waals surface area contributed by atoms with Crippen molar-refractivity contribution in [2.24, 2.45) is 0 Å². The van der Waals surface area contributed by atoms with Gasteiger partial charge in [-0.2, -0.15) is 0 Å². The monoisotopic (exact) mass is 867 g/mol. The minimum absolute atomic E-state index is 0.0754. The van der Waals surface area contributed by atoms with E-state index >= 15 is 0 Å². The lowest BCUT2D eigenvalue weighted by molar-refractivity contribution is -0.163. The van der Waals surface area contributed by atoms with Gasteiger partial charge in [-0.25, -0.2) is 0 Å². The van der Waals surface area contributed by atoms with Crippen LogP contribution in [-0.4, -0.2) is 37.9 Å². The molecule has 0 fully saturated rings. The lowest BCUT2D eigenvalue weighted by atomic mass is 10.1. The SMILES string of the molecule is CCCC/C=C\CCCCCCCC(=O)OC(COCCCCCCCCCC/C=C\C/C=C\CCCCC)COC(=O)CCCCCCCCC/C=C\C/C=C\CCCCC. The Morgan fingerprint density at radius 3 is 1.13 bits per heavy atom. The van der Waals surface area contributed by atoms with E-state index in [0.717, 1.165) is 70.6 Å². The quantitative estimate of drug-likeness (QED) is 0.0346. The van der Waals surface area contributed by atoms with Crippen molar-refractivity contribution in [1.82, 2.24) is 0 Å². The van der Waals surface area contributed by atoms with E-state index < -0.39 is 6.10 Å². The molecular weight excluding hydrogens is 765 g/mol. The molecule has 0 aromatic carbocycles. The van der Waals surface area contributed by atoms with E-state index in [1.165, 1.54) is 161 Å². The van der Waals surface area contributed by atoms with Crippen molar-refractivity contribution in [3.63, 3.8) is 0 Å². The van der Waals surface area contributed by atoms with Crippen LogP contribution in [0.3, 0.4) is 0 Å². The summed E-state index contributed by atoms with van der Waals surface area (Å²) >= 11 is 0. The smallest absolute Gasteiger partial charge is 0.306 e. The number of ether oxygens (including phenoxy) is 3. The summed E-state index contributed by atoms with van der Waals surface area (Å²) in [7, 11) is 0. The van der Waals surface area contributed by atoms with Crippen LogP contribution in [0.1, 0.15) is 265 Å². The molecule has 0 saturated carbocycles. The maximum Gasteiger partial charge on any atom is 0.306 e. The second kappa shape index (κ2) is 52.9. The fourth-order valence-corrected chi connectivity index (χ4v) is 7.43. The van der Waals surface area contributed by atoms with Crippen molar-refractivity contribution < 1.29 is 23.8 Å². The van der Waals surface area contributed by atoms with Crippen molar-refractivity contribution in [2.45, 2.75) is 271 Å². The van der Waals surface area contributed by atoms with Crippen molar-refractivity contribution in [2.75, 3.05) is 19.8 Å². The molecule has 62 heavy (non-hydrogen) atoms. The second-order valence-electron chi connectivity index (χ2n) is 17.8. The number of carbonyl (C=O) groups is 2. The van der Waals surface area contributed by atoms with Gasteiger partial charge in [0.05, 0.1) is 6.61 Å². The molecule has 0 bridgehead atoms. The summed E-state index contributed by atoms with van der Waals surface area (Å²) in [4.78, 5) is 25.4. The summed E-state index contributed by atoms with van der Waals surface area (Å²) in [5, 5.41) is 0. The highest BCUT2D eigenvalue weighted by Crippen LogP contribution is 2.14. The van der Waals surface area contributed by atoms with E-state index in [1.54, 1.807) is 0 Å². The predicted molar refractivity (Wildman–Crippen MR) is 270 cm³/mol. The third-order valence-electron chi connectivity index (χ3n) is 11.5. The zero-order valence-electron chi connectivity index (χ0n) is 41.4. The fraction of sp³-hybridized carbons (Fsp3) is 0.789. The van der Waals surface area contributed by atoms with Crippen LogP contribution in [0.15, 0.2) is 60.8 Å². The van der Waals surface area contributed by atoms with Gasteiger partial charge in [0.1, 0.15) is 6.61 Å². The van der Waals surface area contributed by atoms with Crippen LogP contribution in [0.25, 0.3) is 0 Å². The van der Waals surface area contributed by atoms with E-state index in [1.807, 2.05) is 0 Å². The van der Waals surface area contributed by atoms with Crippen LogP contribution in [0.2, 0.25) is 0 Å². The number of esters is 2. The number of unbranched alkanes of at least 4 members (excludes halogenated alkanes) is 28. The standard InChI is InChI=1S/C57H102O5/c1-4-7-10-13-16-19-22-24-26-28-30-32-34-37-40-43-46-49-52-60-53-55(62-57(59)51-48-45-42-39-35-21-18-15-12-9-6-3)54-61-56(58)50-47-44-41-38-36-33-31-29-27-25-23-20-17-14-11-8-5-2/h15-20,24-27,55H,4-14,21-23,28-54H2,1-3H3/b18-15-,19-16-,20-17-,26-24-,27-25-. The molecule has 0 aromatic rings. The Bertz CT molecular complexity index is 1070. The van der Waals surface area contributed by atoms with Gasteiger partial charge in [0.2, 0.25) is 0 Å². The molecule has 0 rings (SSSR count). The predicted octanol–water partition coefficient (Wildman–Crippen LogP) is 18.1. The third-order valence-corrected chi connectivity index (χ3v) is 11.5. The summed E-state index contributed by atoms with van der Waals surface area (Å²) in [6, 6.07) is 0. The van der Waals surface area contributed by atoms with Gasteiger partial charge in [0.25, 0.3) is 0 Å². The Morgan fingerprint density at radius 1 is 0.355 bits per heavy atom. The average Bonchev–Trinajstić information content (AvgIpc) is 3.27. The summed E-state index contributed by atoms with van der Waals surface area (Å²) in [5.74, 6) is -0.414. The minimum atomic E-state index is -0.547. The third kappa shape index (κ3) is 50.2. The van der Waals surface area contributed by atoms with Crippen molar-refractivity contribution in [1.29, 1.82) is 0 Å². The molecule has 0 radical (unpaired) electrons. The lowest BCUT2D eigenvalue weighted by Gasteiger charge is -2.18. The molecule has 0 amide bonds. The lowest BCUT2D eigenvalue weighted by Crippen LogP contribution is -2.30. The van der Waals surface area contributed by atoms with Gasteiger partial charge in [-0.3, -0.25) is 9.59 Å². The first-order valence-corrected chi connectivity index (χ1v) is 26.8. The number of rotatable bonds is 49. The maximum atomic E-state index is 12.8. The van der Waals surface area contributed by atoms with Crippen LogP contribution in [0, 0.1) is 0 Å². The molecule has 0 saturated heterocycles. The van der Waals surface area contributed by atoms with Gasteiger partial charge in [-0.15, -0.1) is 0 Å². The largest absolute Gasteiger partial charge is 0.462 e. The Hall–Kier alpha value is -2.40. The van der Waals surface area contributed by atoms with Crippen LogP contribution in [-0.2, 0) is 23.8 Å². The Balaban J connectivity index is 4.24. The van der Waals surface area contributed by atoms with Crippen molar-refractivity contribution in [3.05, 3.63) is 60.8 Å². The number of carbonyl (C=O) groups excluding carboxylic acids is 2.